The first-order chi connectivity index (χ1) is 8.75. The highest BCUT2D eigenvalue weighted by atomic mass is 16.3. The number of phenolic OH excluding ortho intramolecular Hbond substituents is 1. The highest BCUT2D eigenvalue weighted by Crippen LogP contribution is 2.08. The van der Waals surface area contributed by atoms with Crippen molar-refractivity contribution in [2.24, 2.45) is 5.10 Å². The van der Waals surface area contributed by atoms with Crippen LogP contribution < -0.4 is 5.43 Å². The fourth-order valence-electron chi connectivity index (χ4n) is 1.42. The third-order valence-electron chi connectivity index (χ3n) is 2.29. The van der Waals surface area contributed by atoms with Gasteiger partial charge in [0.25, 0.3) is 5.91 Å². The standard InChI is InChI=1S/C14H12N2O2/c17-13-8-4-5-11(9-13)10-15-16-14(18)12-6-2-1-3-7-12/h1-10,17H,(H,16,18)/b15-10-. The van der Waals surface area contributed by atoms with E-state index in [0.717, 1.165) is 0 Å². The Kier molecular flexibility index (Phi) is 3.71. The number of amides is 1. The molecule has 90 valence electrons. The van der Waals surface area contributed by atoms with Crippen molar-refractivity contribution in [3.63, 3.8) is 0 Å². The summed E-state index contributed by atoms with van der Waals surface area (Å²) in [4.78, 5) is 11.6. The van der Waals surface area contributed by atoms with Gasteiger partial charge in [-0.3, -0.25) is 4.79 Å². The molecular weight excluding hydrogens is 228 g/mol. The number of nitrogens with zero attached hydrogens (tertiary/aromatic N) is 1. The lowest BCUT2D eigenvalue weighted by atomic mass is 10.2. The van der Waals surface area contributed by atoms with Crippen LogP contribution in [0.1, 0.15) is 15.9 Å². The predicted octanol–water partition coefficient (Wildman–Crippen LogP) is 2.16. The normalized spacial score (nSPS) is 10.4. The lowest BCUT2D eigenvalue weighted by Gasteiger charge is -1.99. The minimum atomic E-state index is -0.271. The number of hydrogen-bond acceptors (Lipinski definition) is 3. The summed E-state index contributed by atoms with van der Waals surface area (Å²) < 4.78 is 0. The average Bonchev–Trinajstić information content (AvgIpc) is 2.40. The van der Waals surface area contributed by atoms with E-state index in [1.54, 1.807) is 48.5 Å². The summed E-state index contributed by atoms with van der Waals surface area (Å²) in [5.41, 5.74) is 3.67. The van der Waals surface area contributed by atoms with Gasteiger partial charge in [-0.1, -0.05) is 30.3 Å². The summed E-state index contributed by atoms with van der Waals surface area (Å²) in [6.07, 6.45) is 1.47. The largest absolute Gasteiger partial charge is 0.508 e. The van der Waals surface area contributed by atoms with Crippen LogP contribution in [0.4, 0.5) is 0 Å². The van der Waals surface area contributed by atoms with E-state index in [2.05, 4.69) is 10.5 Å². The van der Waals surface area contributed by atoms with Crippen molar-refractivity contribution >= 4 is 12.1 Å². The fourth-order valence-corrected chi connectivity index (χ4v) is 1.42. The van der Waals surface area contributed by atoms with E-state index >= 15 is 0 Å². The van der Waals surface area contributed by atoms with Gasteiger partial charge in [0.05, 0.1) is 6.21 Å². The molecule has 0 spiro atoms. The molecule has 4 nitrogen and oxygen atoms in total. The smallest absolute Gasteiger partial charge is 0.271 e. The van der Waals surface area contributed by atoms with E-state index in [0.29, 0.717) is 11.1 Å². The first kappa shape index (κ1) is 11.9. The number of benzene rings is 2. The van der Waals surface area contributed by atoms with Crippen LogP contribution in [0, 0.1) is 0 Å². The number of carbonyl (C=O) groups excluding carboxylic acids is 1. The van der Waals surface area contributed by atoms with Crippen molar-refractivity contribution in [2.75, 3.05) is 0 Å². The van der Waals surface area contributed by atoms with Gasteiger partial charge in [0.1, 0.15) is 5.75 Å². The summed E-state index contributed by atoms with van der Waals surface area (Å²) in [6.45, 7) is 0. The summed E-state index contributed by atoms with van der Waals surface area (Å²) in [5.74, 6) is -0.111. The molecule has 2 aromatic rings. The van der Waals surface area contributed by atoms with Gasteiger partial charge in [-0.2, -0.15) is 5.10 Å². The van der Waals surface area contributed by atoms with Crippen molar-refractivity contribution in [2.45, 2.75) is 0 Å². The van der Waals surface area contributed by atoms with Gasteiger partial charge < -0.3 is 5.11 Å². The zero-order valence-electron chi connectivity index (χ0n) is 9.58. The monoisotopic (exact) mass is 240 g/mol. The topological polar surface area (TPSA) is 61.7 Å². The summed E-state index contributed by atoms with van der Waals surface area (Å²) in [5, 5.41) is 13.1. The van der Waals surface area contributed by atoms with Crippen LogP contribution in [-0.2, 0) is 0 Å². The Morgan fingerprint density at radius 1 is 1.11 bits per heavy atom. The minimum absolute atomic E-state index is 0.160. The number of rotatable bonds is 3. The van der Waals surface area contributed by atoms with Crippen molar-refractivity contribution in [1.82, 2.24) is 5.43 Å². The lowest BCUT2D eigenvalue weighted by Crippen LogP contribution is -2.17. The number of carbonyl (C=O) groups is 1. The molecule has 0 atom stereocenters. The first-order valence-corrected chi connectivity index (χ1v) is 5.43. The van der Waals surface area contributed by atoms with Crippen LogP contribution in [0.2, 0.25) is 0 Å². The fraction of sp³-hybridized carbons (Fsp3) is 0. The molecular formula is C14H12N2O2. The van der Waals surface area contributed by atoms with Gasteiger partial charge in [-0.25, -0.2) is 5.43 Å². The van der Waals surface area contributed by atoms with Crippen molar-refractivity contribution in [3.8, 4) is 5.75 Å². The van der Waals surface area contributed by atoms with E-state index in [4.69, 9.17) is 0 Å². The summed E-state index contributed by atoms with van der Waals surface area (Å²) in [7, 11) is 0. The number of hydrogen-bond donors (Lipinski definition) is 2. The van der Waals surface area contributed by atoms with Crippen LogP contribution >= 0.6 is 0 Å². The van der Waals surface area contributed by atoms with E-state index < -0.39 is 0 Å². The van der Waals surface area contributed by atoms with Crippen LogP contribution in [0.5, 0.6) is 5.75 Å². The zero-order valence-corrected chi connectivity index (χ0v) is 9.58. The molecule has 2 N–H and O–H groups in total. The maximum atomic E-state index is 11.6. The molecule has 0 radical (unpaired) electrons. The Labute approximate surface area is 105 Å². The molecule has 0 aliphatic heterocycles. The Morgan fingerprint density at radius 3 is 2.61 bits per heavy atom. The quantitative estimate of drug-likeness (QED) is 0.638. The number of phenols is 1. The number of hydrazone groups is 1. The molecule has 2 rings (SSSR count). The summed E-state index contributed by atoms with van der Waals surface area (Å²) >= 11 is 0. The predicted molar refractivity (Wildman–Crippen MR) is 69.6 cm³/mol. The van der Waals surface area contributed by atoms with E-state index in [9.17, 15) is 9.90 Å². The molecule has 0 fully saturated rings. The second-order valence-electron chi connectivity index (χ2n) is 3.66. The van der Waals surface area contributed by atoms with Gasteiger partial charge in [0.15, 0.2) is 0 Å². The van der Waals surface area contributed by atoms with Crippen molar-refractivity contribution < 1.29 is 9.90 Å². The second-order valence-corrected chi connectivity index (χ2v) is 3.66. The molecule has 4 heteroatoms. The highest BCUT2D eigenvalue weighted by molar-refractivity contribution is 5.94. The van der Waals surface area contributed by atoms with Gasteiger partial charge >= 0.3 is 0 Å². The molecule has 0 saturated heterocycles. The molecule has 0 saturated carbocycles. The van der Waals surface area contributed by atoms with Crippen molar-refractivity contribution in [3.05, 3.63) is 65.7 Å². The van der Waals surface area contributed by atoms with Gasteiger partial charge in [-0.05, 0) is 29.8 Å². The van der Waals surface area contributed by atoms with Gasteiger partial charge in [-0.15, -0.1) is 0 Å². The van der Waals surface area contributed by atoms with Gasteiger partial charge in [0.2, 0.25) is 0 Å². The SMILES string of the molecule is O=C(N/N=C\c1cccc(O)c1)c1ccccc1. The number of nitrogens with one attached hydrogen (secondary N) is 1. The lowest BCUT2D eigenvalue weighted by molar-refractivity contribution is 0.0955. The Morgan fingerprint density at radius 2 is 1.89 bits per heavy atom. The van der Waals surface area contributed by atoms with E-state index in [1.165, 1.54) is 6.21 Å². The molecule has 0 unspecified atom stereocenters. The van der Waals surface area contributed by atoms with Crippen LogP contribution in [-0.4, -0.2) is 17.2 Å². The Hall–Kier alpha value is -2.62. The second kappa shape index (κ2) is 5.63. The molecule has 1 amide bonds. The highest BCUT2D eigenvalue weighted by Gasteiger charge is 2.01. The van der Waals surface area contributed by atoms with Gasteiger partial charge in [0, 0.05) is 5.56 Å². The minimum Gasteiger partial charge on any atom is -0.508 e. The molecule has 0 heterocycles. The first-order valence-electron chi connectivity index (χ1n) is 5.43. The molecule has 2 aromatic carbocycles. The molecule has 0 aliphatic rings. The van der Waals surface area contributed by atoms with E-state index in [-0.39, 0.29) is 11.7 Å². The third kappa shape index (κ3) is 3.18. The average molecular weight is 240 g/mol. The maximum Gasteiger partial charge on any atom is 0.271 e. The Balaban J connectivity index is 1.98. The molecule has 18 heavy (non-hydrogen) atoms. The van der Waals surface area contributed by atoms with Crippen LogP contribution in [0.15, 0.2) is 59.7 Å². The van der Waals surface area contributed by atoms with E-state index in [1.807, 2.05) is 6.07 Å². The molecule has 0 bridgehead atoms. The molecule has 0 aromatic heterocycles. The third-order valence-corrected chi connectivity index (χ3v) is 2.29. The number of aromatic hydroxyl groups is 1. The van der Waals surface area contributed by atoms with Crippen LogP contribution in [0.25, 0.3) is 0 Å². The van der Waals surface area contributed by atoms with Crippen molar-refractivity contribution in [1.29, 1.82) is 0 Å². The Bertz CT molecular complexity index is 565. The maximum absolute atomic E-state index is 11.6. The zero-order chi connectivity index (χ0) is 12.8. The summed E-state index contributed by atoms with van der Waals surface area (Å²) in [6, 6.07) is 15.4. The van der Waals surface area contributed by atoms with Crippen LogP contribution in [0.3, 0.4) is 0 Å². The molecule has 0 aliphatic carbocycles.